The van der Waals surface area contributed by atoms with Gasteiger partial charge in [-0.1, -0.05) is 47.0 Å². The van der Waals surface area contributed by atoms with E-state index in [1.807, 2.05) is 0 Å². The quantitative estimate of drug-likeness (QED) is 0.835. The van der Waals surface area contributed by atoms with Crippen LogP contribution in [-0.4, -0.2) is 36.1 Å². The zero-order valence-electron chi connectivity index (χ0n) is 13.5. The van der Waals surface area contributed by atoms with Crippen molar-refractivity contribution in [2.45, 2.75) is 84.3 Å². The molecule has 1 saturated heterocycles. The number of hydrogen-bond donors (Lipinski definition) is 1. The van der Waals surface area contributed by atoms with Crippen molar-refractivity contribution < 1.29 is 0 Å². The average Bonchev–Trinajstić information content (AvgIpc) is 2.46. The molecule has 2 rings (SSSR count). The Labute approximate surface area is 120 Å². The highest BCUT2D eigenvalue weighted by Gasteiger charge is 2.34. The predicted molar refractivity (Wildman–Crippen MR) is 83.5 cm³/mol. The summed E-state index contributed by atoms with van der Waals surface area (Å²) in [6.07, 6.45) is 8.51. The molecule has 0 radical (unpaired) electrons. The maximum Gasteiger partial charge on any atom is 0.0221 e. The molecule has 0 spiro atoms. The maximum atomic E-state index is 3.77. The third-order valence-electron chi connectivity index (χ3n) is 5.57. The van der Waals surface area contributed by atoms with E-state index in [4.69, 9.17) is 0 Å². The molecule has 0 aromatic rings. The van der Waals surface area contributed by atoms with Crippen molar-refractivity contribution in [1.29, 1.82) is 0 Å². The number of nitrogens with zero attached hydrogens (tertiary/aromatic N) is 1. The van der Waals surface area contributed by atoms with Gasteiger partial charge in [0, 0.05) is 31.2 Å². The number of nitrogens with one attached hydrogen (secondary N) is 1. The molecule has 1 aliphatic carbocycles. The molecule has 2 nitrogen and oxygen atoms in total. The van der Waals surface area contributed by atoms with E-state index in [1.165, 1.54) is 51.6 Å². The summed E-state index contributed by atoms with van der Waals surface area (Å²) in [5.41, 5.74) is 0. The summed E-state index contributed by atoms with van der Waals surface area (Å²) < 4.78 is 0. The molecular formula is C17H34N2. The lowest BCUT2D eigenvalue weighted by atomic mass is 9.82. The van der Waals surface area contributed by atoms with Gasteiger partial charge in [0.05, 0.1) is 0 Å². The fourth-order valence-electron chi connectivity index (χ4n) is 4.05. The van der Waals surface area contributed by atoms with E-state index in [-0.39, 0.29) is 0 Å². The Bertz CT molecular complexity index is 264. The molecule has 1 aliphatic heterocycles. The van der Waals surface area contributed by atoms with Gasteiger partial charge in [-0.05, 0) is 31.1 Å². The SMILES string of the molecule is CCC1CCCC(N2CC(C(C)C)NCC2CC)C1. The van der Waals surface area contributed by atoms with Crippen LogP contribution in [0.2, 0.25) is 0 Å². The summed E-state index contributed by atoms with van der Waals surface area (Å²) in [7, 11) is 0. The third-order valence-corrected chi connectivity index (χ3v) is 5.57. The molecule has 1 N–H and O–H groups in total. The van der Waals surface area contributed by atoms with E-state index in [0.29, 0.717) is 6.04 Å². The number of piperazine rings is 1. The Hall–Kier alpha value is -0.0800. The lowest BCUT2D eigenvalue weighted by molar-refractivity contribution is 0.0380. The van der Waals surface area contributed by atoms with E-state index in [9.17, 15) is 0 Å². The lowest BCUT2D eigenvalue weighted by Gasteiger charge is -2.47. The number of hydrogen-bond acceptors (Lipinski definition) is 2. The summed E-state index contributed by atoms with van der Waals surface area (Å²) in [4.78, 5) is 2.88. The molecule has 4 unspecified atom stereocenters. The minimum Gasteiger partial charge on any atom is -0.311 e. The normalized spacial score (nSPS) is 37.7. The van der Waals surface area contributed by atoms with Crippen LogP contribution in [0.1, 0.15) is 66.2 Å². The first-order valence-electron chi connectivity index (χ1n) is 8.64. The molecular weight excluding hydrogens is 232 g/mol. The van der Waals surface area contributed by atoms with Crippen molar-refractivity contribution in [3.8, 4) is 0 Å². The monoisotopic (exact) mass is 266 g/mol. The Morgan fingerprint density at radius 2 is 1.95 bits per heavy atom. The van der Waals surface area contributed by atoms with Gasteiger partial charge in [-0.3, -0.25) is 4.90 Å². The molecule has 112 valence electrons. The lowest BCUT2D eigenvalue weighted by Crippen LogP contribution is -2.61. The topological polar surface area (TPSA) is 15.3 Å². The first-order chi connectivity index (χ1) is 9.15. The Morgan fingerprint density at radius 1 is 1.16 bits per heavy atom. The van der Waals surface area contributed by atoms with Crippen molar-refractivity contribution in [2.75, 3.05) is 13.1 Å². The molecule has 1 saturated carbocycles. The van der Waals surface area contributed by atoms with Crippen LogP contribution >= 0.6 is 0 Å². The summed E-state index contributed by atoms with van der Waals surface area (Å²) in [5.74, 6) is 1.74. The maximum absolute atomic E-state index is 3.77. The summed E-state index contributed by atoms with van der Waals surface area (Å²) in [6, 6.07) is 2.34. The van der Waals surface area contributed by atoms with Crippen LogP contribution in [0.3, 0.4) is 0 Å². The van der Waals surface area contributed by atoms with Crippen LogP contribution in [0.15, 0.2) is 0 Å². The third kappa shape index (κ3) is 3.72. The van der Waals surface area contributed by atoms with Gasteiger partial charge in [-0.2, -0.15) is 0 Å². The van der Waals surface area contributed by atoms with Gasteiger partial charge in [0.25, 0.3) is 0 Å². The second-order valence-electron chi connectivity index (χ2n) is 7.11. The highest BCUT2D eigenvalue weighted by atomic mass is 15.3. The molecule has 4 atom stereocenters. The molecule has 19 heavy (non-hydrogen) atoms. The van der Waals surface area contributed by atoms with Crippen molar-refractivity contribution in [2.24, 2.45) is 11.8 Å². The fraction of sp³-hybridized carbons (Fsp3) is 1.00. The van der Waals surface area contributed by atoms with Gasteiger partial charge in [0.15, 0.2) is 0 Å². The molecule has 2 aliphatic rings. The highest BCUT2D eigenvalue weighted by Crippen LogP contribution is 2.32. The first-order valence-corrected chi connectivity index (χ1v) is 8.64. The van der Waals surface area contributed by atoms with E-state index in [2.05, 4.69) is 37.9 Å². The first kappa shape index (κ1) is 15.3. The highest BCUT2D eigenvalue weighted by molar-refractivity contribution is 4.92. The van der Waals surface area contributed by atoms with E-state index in [1.54, 1.807) is 0 Å². The van der Waals surface area contributed by atoms with Gasteiger partial charge in [-0.25, -0.2) is 0 Å². The second-order valence-corrected chi connectivity index (χ2v) is 7.11. The Balaban J connectivity index is 2.00. The molecule has 1 heterocycles. The minimum absolute atomic E-state index is 0.699. The van der Waals surface area contributed by atoms with E-state index in [0.717, 1.165) is 23.9 Å². The molecule has 0 amide bonds. The van der Waals surface area contributed by atoms with Gasteiger partial charge in [0.2, 0.25) is 0 Å². The molecule has 2 fully saturated rings. The zero-order valence-corrected chi connectivity index (χ0v) is 13.5. The van der Waals surface area contributed by atoms with Crippen LogP contribution in [0, 0.1) is 11.8 Å². The summed E-state index contributed by atoms with van der Waals surface area (Å²) in [6.45, 7) is 11.9. The van der Waals surface area contributed by atoms with Crippen molar-refractivity contribution in [3.05, 3.63) is 0 Å². The fourth-order valence-corrected chi connectivity index (χ4v) is 4.05. The van der Waals surface area contributed by atoms with Crippen molar-refractivity contribution in [1.82, 2.24) is 10.2 Å². The van der Waals surface area contributed by atoms with Gasteiger partial charge < -0.3 is 5.32 Å². The largest absolute Gasteiger partial charge is 0.311 e. The van der Waals surface area contributed by atoms with Crippen molar-refractivity contribution >= 4 is 0 Å². The van der Waals surface area contributed by atoms with Crippen LogP contribution in [0.5, 0.6) is 0 Å². The van der Waals surface area contributed by atoms with Crippen LogP contribution in [-0.2, 0) is 0 Å². The van der Waals surface area contributed by atoms with Crippen LogP contribution in [0.4, 0.5) is 0 Å². The zero-order chi connectivity index (χ0) is 13.8. The van der Waals surface area contributed by atoms with Crippen molar-refractivity contribution in [3.63, 3.8) is 0 Å². The Kier molecular flexibility index (Phi) is 5.70. The molecule has 0 aromatic heterocycles. The standard InChI is InChI=1S/C17H34N2/c1-5-14-8-7-9-16(10-14)19-12-17(13(3)4)18-11-15(19)6-2/h13-18H,5-12H2,1-4H3. The van der Waals surface area contributed by atoms with E-state index < -0.39 is 0 Å². The van der Waals surface area contributed by atoms with Gasteiger partial charge in [0.1, 0.15) is 0 Å². The number of rotatable bonds is 4. The van der Waals surface area contributed by atoms with E-state index >= 15 is 0 Å². The minimum atomic E-state index is 0.699. The van der Waals surface area contributed by atoms with Crippen LogP contribution in [0.25, 0.3) is 0 Å². The average molecular weight is 266 g/mol. The second kappa shape index (κ2) is 7.08. The van der Waals surface area contributed by atoms with Crippen LogP contribution < -0.4 is 5.32 Å². The molecule has 0 bridgehead atoms. The smallest absolute Gasteiger partial charge is 0.0221 e. The molecule has 2 heteroatoms. The molecule has 0 aromatic carbocycles. The Morgan fingerprint density at radius 3 is 2.58 bits per heavy atom. The summed E-state index contributed by atoms with van der Waals surface area (Å²) in [5, 5.41) is 3.77. The predicted octanol–water partition coefficient (Wildman–Crippen LogP) is 3.66. The van der Waals surface area contributed by atoms with Gasteiger partial charge >= 0.3 is 0 Å². The van der Waals surface area contributed by atoms with Gasteiger partial charge in [-0.15, -0.1) is 0 Å². The summed E-state index contributed by atoms with van der Waals surface area (Å²) >= 11 is 0.